The van der Waals surface area contributed by atoms with Gasteiger partial charge in [0.1, 0.15) is 19.8 Å². The second kappa shape index (κ2) is 39.5. The molecule has 2 N–H and O–H groups in total. The first-order chi connectivity index (χ1) is 28.4. The lowest BCUT2D eigenvalue weighted by atomic mass is 10.1. The van der Waals surface area contributed by atoms with Crippen LogP contribution in [-0.2, 0) is 32.7 Å². The Kier molecular flexibility index (Phi) is 37.8. The first-order valence-electron chi connectivity index (χ1n) is 22.8. The summed E-state index contributed by atoms with van der Waals surface area (Å²) in [6, 6.07) is 0. The van der Waals surface area contributed by atoms with Crippen molar-refractivity contribution in [3.8, 4) is 0 Å². The zero-order valence-electron chi connectivity index (χ0n) is 37.8. The minimum Gasteiger partial charge on any atom is -0.462 e. The number of nitrogens with zero attached hydrogens (tertiary/aromatic N) is 1. The van der Waals surface area contributed by atoms with E-state index in [0.717, 1.165) is 70.6 Å². The minimum absolute atomic E-state index is 0.00839. The highest BCUT2D eigenvalue weighted by molar-refractivity contribution is 7.47. The van der Waals surface area contributed by atoms with Gasteiger partial charge in [0.25, 0.3) is 0 Å². The second-order valence-electron chi connectivity index (χ2n) is 16.3. The number of ether oxygens (including phenoxy) is 2. The third-order valence-corrected chi connectivity index (χ3v) is 10.3. The number of allylic oxidation sites excluding steroid dienone is 11. The van der Waals surface area contributed by atoms with Crippen LogP contribution in [0.1, 0.15) is 162 Å². The number of carbonyl (C=O) groups is 2. The van der Waals surface area contributed by atoms with Crippen molar-refractivity contribution in [3.63, 3.8) is 0 Å². The highest BCUT2D eigenvalue weighted by Crippen LogP contribution is 2.43. The standard InChI is InChI=1S/C48H84NO9P/c1-6-8-10-11-12-13-14-15-16-17-18-19-22-25-28-31-35-39-47(51)55-43-46(44-57-59(53,54)56-42-41-49(3,4)5)58-48(52)40-36-32-29-26-23-20-21-24-27-30-34-38-45(50)37-33-9-7-2/h12-13,15-16,20-21,26-27,29-30,34,38,45-46,50H,6-11,14,17-19,22-25,28,31-33,35-37,39-44H2,1-5H3/p+1/b13-12-,16-15-,21-20-,29-26-,30-27-,38-34+/t45-,46+/m0/s1. The van der Waals surface area contributed by atoms with Crippen LogP contribution in [0, 0.1) is 0 Å². The van der Waals surface area contributed by atoms with Gasteiger partial charge in [0.05, 0.1) is 33.9 Å². The Labute approximate surface area is 360 Å². The SMILES string of the molecule is CCCCC/C=C\C/C=C\CCCCCCCCCC(=O)OC[C@H](COP(=O)(O)OCC[N+](C)(C)C)OC(=O)CCC/C=C\C/C=C\C/C=C\C=C\[C@@H](O)CCCCC. The molecule has 340 valence electrons. The molecule has 59 heavy (non-hydrogen) atoms. The van der Waals surface area contributed by atoms with Crippen LogP contribution < -0.4 is 0 Å². The molecule has 0 aliphatic heterocycles. The van der Waals surface area contributed by atoms with Crippen LogP contribution >= 0.6 is 7.82 Å². The van der Waals surface area contributed by atoms with E-state index in [1.807, 2.05) is 57.6 Å². The molecule has 0 radical (unpaired) electrons. The van der Waals surface area contributed by atoms with E-state index in [-0.39, 0.29) is 32.2 Å². The van der Waals surface area contributed by atoms with Gasteiger partial charge >= 0.3 is 19.8 Å². The minimum atomic E-state index is -4.41. The lowest BCUT2D eigenvalue weighted by Crippen LogP contribution is -2.37. The molecule has 0 fully saturated rings. The number of hydrogen-bond acceptors (Lipinski definition) is 8. The highest BCUT2D eigenvalue weighted by atomic mass is 31.2. The molecule has 0 aliphatic rings. The summed E-state index contributed by atoms with van der Waals surface area (Å²) in [5.41, 5.74) is 0. The number of hydrogen-bond donors (Lipinski definition) is 2. The molecule has 0 heterocycles. The number of aliphatic hydroxyl groups is 1. The van der Waals surface area contributed by atoms with E-state index >= 15 is 0 Å². The highest BCUT2D eigenvalue weighted by Gasteiger charge is 2.27. The quantitative estimate of drug-likeness (QED) is 0.0155. The van der Waals surface area contributed by atoms with Crippen LogP contribution in [0.5, 0.6) is 0 Å². The Morgan fingerprint density at radius 2 is 1.14 bits per heavy atom. The van der Waals surface area contributed by atoms with Gasteiger partial charge in [0.2, 0.25) is 0 Å². The van der Waals surface area contributed by atoms with Crippen LogP contribution in [0.15, 0.2) is 72.9 Å². The summed E-state index contributed by atoms with van der Waals surface area (Å²) in [7, 11) is 1.40. The molecule has 0 rings (SSSR count). The van der Waals surface area contributed by atoms with Crippen LogP contribution in [0.4, 0.5) is 0 Å². The maximum atomic E-state index is 12.7. The van der Waals surface area contributed by atoms with E-state index < -0.39 is 32.5 Å². The number of phosphoric ester groups is 1. The fourth-order valence-corrected chi connectivity index (χ4v) is 6.42. The van der Waals surface area contributed by atoms with Gasteiger partial charge in [-0.3, -0.25) is 18.6 Å². The molecule has 10 nitrogen and oxygen atoms in total. The summed E-state index contributed by atoms with van der Waals surface area (Å²) in [5.74, 6) is -0.905. The van der Waals surface area contributed by atoms with E-state index in [2.05, 4.69) is 50.3 Å². The fourth-order valence-electron chi connectivity index (χ4n) is 5.68. The van der Waals surface area contributed by atoms with Gasteiger partial charge in [0.15, 0.2) is 6.10 Å². The largest absolute Gasteiger partial charge is 0.472 e. The number of unbranched alkanes of at least 4 members (excludes halogenated alkanes) is 13. The number of phosphoric acid groups is 1. The third kappa shape index (κ3) is 43.3. The van der Waals surface area contributed by atoms with Crippen LogP contribution in [0.2, 0.25) is 0 Å². The van der Waals surface area contributed by atoms with Crippen molar-refractivity contribution in [1.29, 1.82) is 0 Å². The summed E-state index contributed by atoms with van der Waals surface area (Å²) in [4.78, 5) is 35.4. The second-order valence-corrected chi connectivity index (χ2v) is 17.7. The van der Waals surface area contributed by atoms with Crippen molar-refractivity contribution < 1.29 is 47.2 Å². The Morgan fingerprint density at radius 1 is 0.610 bits per heavy atom. The number of likely N-dealkylation sites (N-methyl/N-ethyl adjacent to an activating group) is 1. The predicted molar refractivity (Wildman–Crippen MR) is 244 cm³/mol. The lowest BCUT2D eigenvalue weighted by Gasteiger charge is -2.24. The number of rotatable bonds is 40. The Hall–Kier alpha value is -2.59. The maximum Gasteiger partial charge on any atom is 0.472 e. The first-order valence-corrected chi connectivity index (χ1v) is 24.3. The predicted octanol–water partition coefficient (Wildman–Crippen LogP) is 12.0. The van der Waals surface area contributed by atoms with E-state index in [0.29, 0.717) is 30.3 Å². The monoisotopic (exact) mass is 851 g/mol. The van der Waals surface area contributed by atoms with E-state index in [1.54, 1.807) is 0 Å². The molecule has 0 saturated heterocycles. The molecule has 0 saturated carbocycles. The van der Waals surface area contributed by atoms with Gasteiger partial charge in [0, 0.05) is 12.8 Å². The van der Waals surface area contributed by atoms with Gasteiger partial charge < -0.3 is 24.0 Å². The molecule has 0 aromatic heterocycles. The number of carbonyl (C=O) groups excluding carboxylic acids is 2. The molecular formula is C48H85NO9P+. The van der Waals surface area contributed by atoms with Gasteiger partial charge in [-0.15, -0.1) is 0 Å². The van der Waals surface area contributed by atoms with E-state index in [1.165, 1.54) is 44.9 Å². The van der Waals surface area contributed by atoms with Crippen molar-refractivity contribution >= 4 is 19.8 Å². The summed E-state index contributed by atoms with van der Waals surface area (Å²) in [5, 5.41) is 9.91. The van der Waals surface area contributed by atoms with Gasteiger partial charge in [-0.25, -0.2) is 4.57 Å². The van der Waals surface area contributed by atoms with Crippen molar-refractivity contribution in [3.05, 3.63) is 72.9 Å². The zero-order chi connectivity index (χ0) is 43.7. The molecular weight excluding hydrogens is 765 g/mol. The van der Waals surface area contributed by atoms with Crippen molar-refractivity contribution in [1.82, 2.24) is 0 Å². The topological polar surface area (TPSA) is 129 Å². The van der Waals surface area contributed by atoms with Gasteiger partial charge in [-0.1, -0.05) is 151 Å². The van der Waals surface area contributed by atoms with E-state index in [4.69, 9.17) is 18.5 Å². The molecule has 0 aliphatic carbocycles. The summed E-state index contributed by atoms with van der Waals surface area (Å²) < 4.78 is 34.2. The third-order valence-electron chi connectivity index (χ3n) is 9.31. The first kappa shape index (κ1) is 56.4. The van der Waals surface area contributed by atoms with E-state index in [9.17, 15) is 24.2 Å². The van der Waals surface area contributed by atoms with Crippen LogP contribution in [0.25, 0.3) is 0 Å². The summed E-state index contributed by atoms with van der Waals surface area (Å²) in [6.07, 6.45) is 45.6. The molecule has 0 bridgehead atoms. The van der Waals surface area contributed by atoms with Crippen molar-refractivity contribution in [2.45, 2.75) is 174 Å². The Bertz CT molecular complexity index is 1250. The van der Waals surface area contributed by atoms with Gasteiger partial charge in [-0.05, 0) is 70.6 Å². The summed E-state index contributed by atoms with van der Waals surface area (Å²) in [6.45, 7) is 4.17. The Balaban J connectivity index is 4.50. The molecule has 1 unspecified atom stereocenters. The molecule has 3 atom stereocenters. The Morgan fingerprint density at radius 3 is 1.76 bits per heavy atom. The fraction of sp³-hybridized carbons (Fsp3) is 0.708. The molecule has 0 spiro atoms. The van der Waals surface area contributed by atoms with Crippen molar-refractivity contribution in [2.24, 2.45) is 0 Å². The maximum absolute atomic E-state index is 12.7. The molecule has 11 heteroatoms. The normalized spacial score (nSPS) is 14.8. The van der Waals surface area contributed by atoms with Gasteiger partial charge in [-0.2, -0.15) is 0 Å². The average Bonchev–Trinajstić information content (AvgIpc) is 3.18. The lowest BCUT2D eigenvalue weighted by molar-refractivity contribution is -0.870. The molecule has 0 amide bonds. The number of aliphatic hydroxyl groups excluding tert-OH is 1. The number of quaternary nitrogens is 1. The van der Waals surface area contributed by atoms with Crippen LogP contribution in [0.3, 0.4) is 0 Å². The zero-order valence-corrected chi connectivity index (χ0v) is 38.7. The average molecular weight is 851 g/mol. The smallest absolute Gasteiger partial charge is 0.462 e. The molecule has 0 aromatic rings. The molecule has 0 aromatic carbocycles. The van der Waals surface area contributed by atoms with Crippen LogP contribution in [-0.4, -0.2) is 86.1 Å². The number of esters is 2. The summed E-state index contributed by atoms with van der Waals surface area (Å²) >= 11 is 0. The van der Waals surface area contributed by atoms with Crippen molar-refractivity contribution in [2.75, 3.05) is 47.5 Å².